The van der Waals surface area contributed by atoms with Crippen LogP contribution in [0, 0.1) is 17.6 Å². The Morgan fingerprint density at radius 2 is 1.75 bits per heavy atom. The van der Waals surface area contributed by atoms with E-state index in [0.29, 0.717) is 55.6 Å². The number of amides is 2. The fourth-order valence-corrected chi connectivity index (χ4v) is 7.73. The lowest BCUT2D eigenvalue weighted by Gasteiger charge is -2.36. The molecular weight excluding hydrogens is 644 g/mol. The Bertz CT molecular complexity index is 1750. The van der Waals surface area contributed by atoms with E-state index in [-0.39, 0.29) is 36.3 Å². The zero-order chi connectivity index (χ0) is 34.8. The molecule has 2 aliphatic rings. The number of rotatable bonds is 11. The first-order chi connectivity index (χ1) is 22.7. The predicted octanol–water partition coefficient (Wildman–Crippen LogP) is 4.18. The Morgan fingerprint density at radius 1 is 1.06 bits per heavy atom. The molecule has 5 rings (SSSR count). The Morgan fingerprint density at radius 3 is 2.40 bits per heavy atom. The van der Waals surface area contributed by atoms with E-state index in [9.17, 15) is 26.8 Å². The molecule has 2 aliphatic heterocycles. The molecule has 3 aromatic rings. The number of fused-ring (bicyclic) bond motifs is 1. The maximum atomic E-state index is 14.0. The van der Waals surface area contributed by atoms with Crippen LogP contribution in [0.4, 0.5) is 26.0 Å². The summed E-state index contributed by atoms with van der Waals surface area (Å²) in [6, 6.07) is 7.44. The molecule has 0 atom stereocenters. The molecule has 2 aromatic carbocycles. The molecule has 15 heteroatoms. The predicted molar refractivity (Wildman–Crippen MR) is 179 cm³/mol. The van der Waals surface area contributed by atoms with Crippen LogP contribution in [0.1, 0.15) is 55.2 Å². The number of nitrogens with zero attached hydrogens (tertiary/aromatic N) is 4. The molecule has 1 aromatic heterocycles. The van der Waals surface area contributed by atoms with Crippen LogP contribution in [-0.4, -0.2) is 93.1 Å². The minimum absolute atomic E-state index is 0.00163. The van der Waals surface area contributed by atoms with Gasteiger partial charge in [0.05, 0.1) is 16.1 Å². The first kappa shape index (κ1) is 35.4. The quantitative estimate of drug-likeness (QED) is 0.273. The zero-order valence-corrected chi connectivity index (χ0v) is 28.7. The number of hydrogen-bond donors (Lipinski definition) is 3. The largest absolute Gasteiger partial charge is 0.381 e. The normalized spacial score (nSPS) is 16.8. The van der Waals surface area contributed by atoms with Crippen molar-refractivity contribution in [2.45, 2.75) is 50.5 Å². The molecule has 0 radical (unpaired) electrons. The van der Waals surface area contributed by atoms with Crippen molar-refractivity contribution in [1.29, 1.82) is 0 Å². The summed E-state index contributed by atoms with van der Waals surface area (Å²) < 4.78 is 61.6. The second-order valence-corrected chi connectivity index (χ2v) is 15.1. The maximum absolute atomic E-state index is 14.0. The molecule has 2 amide bonds. The second-order valence-electron chi connectivity index (χ2n) is 13.1. The molecule has 48 heavy (non-hydrogen) atoms. The standard InChI is InChI=1S/C33H43F2N7O5S/c1-6-41(12-11-40(4)5)24-7-8-26(28(18-24)36-31(43)21-9-13-47-14-10-21)32(44)37-30-27-19-42(20-33(2,3)29(27)38-39-30)48(45,46)25-16-22(34)15-23(35)17-25/h7-8,15-18,21H,6,9-14,19-20H2,1-5H3,(H,36,43)(H2,37,38,39,44). The number of hydrogen-bond acceptors (Lipinski definition) is 8. The van der Waals surface area contributed by atoms with Gasteiger partial charge in [-0.25, -0.2) is 17.2 Å². The van der Waals surface area contributed by atoms with Crippen molar-refractivity contribution in [3.8, 4) is 0 Å². The van der Waals surface area contributed by atoms with Crippen LogP contribution in [0.15, 0.2) is 41.3 Å². The summed E-state index contributed by atoms with van der Waals surface area (Å²) in [6.07, 6.45) is 1.15. The highest BCUT2D eigenvalue weighted by Crippen LogP contribution is 2.38. The number of carbonyl (C=O) groups excluding carboxylic acids is 2. The van der Waals surface area contributed by atoms with E-state index in [2.05, 4.69) is 30.6 Å². The van der Waals surface area contributed by atoms with Gasteiger partial charge in [0.2, 0.25) is 15.9 Å². The highest BCUT2D eigenvalue weighted by atomic mass is 32.2. The van der Waals surface area contributed by atoms with Crippen molar-refractivity contribution in [2.24, 2.45) is 5.92 Å². The molecule has 3 heterocycles. The zero-order valence-electron chi connectivity index (χ0n) is 27.9. The number of ether oxygens (including phenoxy) is 1. The molecule has 0 saturated carbocycles. The summed E-state index contributed by atoms with van der Waals surface area (Å²) in [6.45, 7) is 8.68. The third-order valence-corrected chi connectivity index (χ3v) is 10.6. The number of aromatic amines is 1. The van der Waals surface area contributed by atoms with Gasteiger partial charge in [-0.3, -0.25) is 14.7 Å². The van der Waals surface area contributed by atoms with Crippen molar-refractivity contribution >= 4 is 39.0 Å². The molecule has 1 saturated heterocycles. The molecular formula is C33H43F2N7O5S. The van der Waals surface area contributed by atoms with Gasteiger partial charge in [0, 0.05) is 80.3 Å². The van der Waals surface area contributed by atoms with Gasteiger partial charge in [-0.1, -0.05) is 13.8 Å². The van der Waals surface area contributed by atoms with Gasteiger partial charge < -0.3 is 25.2 Å². The average Bonchev–Trinajstić information content (AvgIpc) is 3.44. The van der Waals surface area contributed by atoms with Gasteiger partial charge in [0.1, 0.15) is 11.6 Å². The van der Waals surface area contributed by atoms with Crippen molar-refractivity contribution < 1.29 is 31.5 Å². The van der Waals surface area contributed by atoms with Gasteiger partial charge in [-0.15, -0.1) is 0 Å². The van der Waals surface area contributed by atoms with Crippen molar-refractivity contribution in [3.63, 3.8) is 0 Å². The van der Waals surface area contributed by atoms with Crippen LogP contribution in [0.25, 0.3) is 0 Å². The number of anilines is 3. The SMILES string of the molecule is CCN(CCN(C)C)c1ccc(C(=O)Nc2n[nH]c3c2CN(S(=O)(=O)c2cc(F)cc(F)c2)CC3(C)C)c(NC(=O)C2CCOCC2)c1. The van der Waals surface area contributed by atoms with E-state index >= 15 is 0 Å². The number of aromatic nitrogens is 2. The van der Waals surface area contributed by atoms with Crippen LogP contribution in [0.5, 0.6) is 0 Å². The van der Waals surface area contributed by atoms with Crippen molar-refractivity contribution in [2.75, 3.05) is 69.0 Å². The molecule has 0 spiro atoms. The summed E-state index contributed by atoms with van der Waals surface area (Å²) >= 11 is 0. The number of likely N-dealkylation sites (N-methyl/N-ethyl adjacent to an activating group) is 2. The van der Waals surface area contributed by atoms with Crippen LogP contribution >= 0.6 is 0 Å². The van der Waals surface area contributed by atoms with Crippen LogP contribution in [0.3, 0.4) is 0 Å². The van der Waals surface area contributed by atoms with Gasteiger partial charge in [-0.05, 0) is 64.2 Å². The van der Waals surface area contributed by atoms with Gasteiger partial charge in [0.25, 0.3) is 5.91 Å². The Kier molecular flexibility index (Phi) is 10.5. The van der Waals surface area contributed by atoms with E-state index < -0.39 is 37.9 Å². The highest BCUT2D eigenvalue weighted by Gasteiger charge is 2.41. The lowest BCUT2D eigenvalue weighted by atomic mass is 9.84. The molecule has 3 N–H and O–H groups in total. The first-order valence-electron chi connectivity index (χ1n) is 16.0. The molecule has 0 aliphatic carbocycles. The van der Waals surface area contributed by atoms with Gasteiger partial charge >= 0.3 is 0 Å². The highest BCUT2D eigenvalue weighted by molar-refractivity contribution is 7.89. The Hall–Kier alpha value is -3.92. The summed E-state index contributed by atoms with van der Waals surface area (Å²) in [4.78, 5) is 31.0. The Labute approximate surface area is 279 Å². The number of H-pyrrole nitrogens is 1. The summed E-state index contributed by atoms with van der Waals surface area (Å²) in [7, 11) is -0.335. The smallest absolute Gasteiger partial charge is 0.258 e. The fraction of sp³-hybridized carbons (Fsp3) is 0.485. The maximum Gasteiger partial charge on any atom is 0.258 e. The monoisotopic (exact) mass is 687 g/mol. The number of nitrogens with one attached hydrogen (secondary N) is 3. The van der Waals surface area contributed by atoms with Crippen molar-refractivity contribution in [3.05, 3.63) is 64.9 Å². The fourth-order valence-electron chi connectivity index (χ4n) is 6.12. The summed E-state index contributed by atoms with van der Waals surface area (Å²) in [5.74, 6) is -2.91. The number of halogens is 2. The van der Waals surface area contributed by atoms with Crippen LogP contribution < -0.4 is 15.5 Å². The molecule has 0 unspecified atom stereocenters. The van der Waals surface area contributed by atoms with E-state index in [1.54, 1.807) is 12.1 Å². The van der Waals surface area contributed by atoms with Crippen molar-refractivity contribution in [1.82, 2.24) is 19.4 Å². The average molecular weight is 688 g/mol. The first-order valence-corrected chi connectivity index (χ1v) is 17.4. The second kappa shape index (κ2) is 14.3. The third-order valence-electron chi connectivity index (χ3n) is 8.82. The van der Waals surface area contributed by atoms with E-state index in [4.69, 9.17) is 4.74 Å². The van der Waals surface area contributed by atoms with Gasteiger partial charge in [0.15, 0.2) is 5.82 Å². The Balaban J connectivity index is 1.45. The van der Waals surface area contributed by atoms with E-state index in [1.807, 2.05) is 40.9 Å². The minimum Gasteiger partial charge on any atom is -0.381 e. The third kappa shape index (κ3) is 7.69. The topological polar surface area (TPSA) is 140 Å². The number of carbonyl (C=O) groups is 2. The van der Waals surface area contributed by atoms with Crippen LogP contribution in [0.2, 0.25) is 0 Å². The van der Waals surface area contributed by atoms with Gasteiger partial charge in [-0.2, -0.15) is 9.40 Å². The molecule has 12 nitrogen and oxygen atoms in total. The summed E-state index contributed by atoms with van der Waals surface area (Å²) in [5.41, 5.74) is 1.64. The lowest BCUT2D eigenvalue weighted by Crippen LogP contribution is -2.45. The number of sulfonamides is 1. The van der Waals surface area contributed by atoms with Crippen LogP contribution in [-0.2, 0) is 31.5 Å². The van der Waals surface area contributed by atoms with E-state index in [0.717, 1.165) is 35.2 Å². The molecule has 0 bridgehead atoms. The van der Waals surface area contributed by atoms with E-state index in [1.165, 1.54) is 0 Å². The lowest BCUT2D eigenvalue weighted by molar-refractivity contribution is -0.122. The number of benzene rings is 2. The molecule has 1 fully saturated rings. The minimum atomic E-state index is -4.32. The summed E-state index contributed by atoms with van der Waals surface area (Å²) in [5, 5.41) is 13.1. The molecule has 260 valence electrons.